The molecule has 0 radical (unpaired) electrons. The number of aromatic nitrogens is 3. The molecule has 0 saturated carbocycles. The molecule has 30 heavy (non-hydrogen) atoms. The molecule has 2 aromatic carbocycles. The number of nitrogens with zero attached hydrogens (tertiary/aromatic N) is 3. The van der Waals surface area contributed by atoms with Crippen LogP contribution in [0.25, 0.3) is 27.5 Å². The van der Waals surface area contributed by atoms with E-state index >= 15 is 0 Å². The molecule has 5 rings (SSSR count). The molecular formula is C22H17N3O5. The lowest BCUT2D eigenvalue weighted by molar-refractivity contribution is 0.0527. The smallest absolute Gasteiger partial charge is 0.403 e. The number of benzene rings is 2. The van der Waals surface area contributed by atoms with E-state index in [-0.39, 0.29) is 12.2 Å². The second kappa shape index (κ2) is 6.55. The molecule has 8 heteroatoms. The molecule has 0 saturated heterocycles. The zero-order chi connectivity index (χ0) is 21.0. The van der Waals surface area contributed by atoms with Gasteiger partial charge in [0.15, 0.2) is 5.58 Å². The number of hydrogen-bond acceptors (Lipinski definition) is 6. The fraction of sp³-hybridized carbons (Fsp3) is 0.182. The number of fused-ring (bicyclic) bond motifs is 2. The van der Waals surface area contributed by atoms with E-state index in [2.05, 4.69) is 4.98 Å². The van der Waals surface area contributed by atoms with Crippen molar-refractivity contribution < 1.29 is 13.9 Å². The lowest BCUT2D eigenvalue weighted by atomic mass is 10.1. The van der Waals surface area contributed by atoms with Gasteiger partial charge in [-0.2, -0.15) is 0 Å². The first-order valence-corrected chi connectivity index (χ1v) is 9.51. The number of esters is 1. The molecule has 8 nitrogen and oxygen atoms in total. The summed E-state index contributed by atoms with van der Waals surface area (Å²) in [4.78, 5) is 41.4. The van der Waals surface area contributed by atoms with Crippen molar-refractivity contribution in [3.05, 3.63) is 80.3 Å². The predicted octanol–water partition coefficient (Wildman–Crippen LogP) is 2.73. The van der Waals surface area contributed by atoms with Gasteiger partial charge >= 0.3 is 17.2 Å². The van der Waals surface area contributed by atoms with E-state index in [1.54, 1.807) is 13.0 Å². The van der Waals surface area contributed by atoms with E-state index in [4.69, 9.17) is 9.15 Å². The number of ether oxygens (including phenoxy) is 1. The van der Waals surface area contributed by atoms with E-state index < -0.39 is 17.2 Å². The summed E-state index contributed by atoms with van der Waals surface area (Å²) in [5.41, 5.74) is 2.13. The lowest BCUT2D eigenvalue weighted by Gasteiger charge is -2.09. The summed E-state index contributed by atoms with van der Waals surface area (Å²) in [5.74, 6) is -0.462. The van der Waals surface area contributed by atoms with E-state index in [1.165, 1.54) is 10.7 Å². The summed E-state index contributed by atoms with van der Waals surface area (Å²) < 4.78 is 13.7. The first-order valence-electron chi connectivity index (χ1n) is 9.51. The Labute approximate surface area is 169 Å². The second-order valence-electron chi connectivity index (χ2n) is 7.03. The van der Waals surface area contributed by atoms with Gasteiger partial charge in [0.1, 0.15) is 17.4 Å². The van der Waals surface area contributed by atoms with Gasteiger partial charge < -0.3 is 13.7 Å². The van der Waals surface area contributed by atoms with Gasteiger partial charge in [-0.25, -0.2) is 14.6 Å². The standard InChI is InChI=1S/C22H17N3O5/c1-3-29-21(27)16-12(2)24(10-13-7-5-4-6-8-13)18-14(16)9-15-19-17(18)23-11-25(19)20(26)22(28)30-15/h4-9,11H,3,10H2,1-2H3. The normalized spacial score (nSPS) is 11.7. The van der Waals surface area contributed by atoms with Crippen LogP contribution < -0.4 is 11.2 Å². The van der Waals surface area contributed by atoms with E-state index in [0.717, 1.165) is 5.56 Å². The van der Waals surface area contributed by atoms with Crippen LogP contribution in [0.1, 0.15) is 28.5 Å². The summed E-state index contributed by atoms with van der Waals surface area (Å²) in [7, 11) is 0. The minimum absolute atomic E-state index is 0.196. The Balaban J connectivity index is 1.93. The third kappa shape index (κ3) is 2.46. The van der Waals surface area contributed by atoms with Crippen molar-refractivity contribution in [1.29, 1.82) is 0 Å². The van der Waals surface area contributed by atoms with Crippen LogP contribution in [0.15, 0.2) is 56.7 Å². The third-order valence-corrected chi connectivity index (χ3v) is 5.32. The van der Waals surface area contributed by atoms with Crippen LogP contribution in [0.5, 0.6) is 0 Å². The molecule has 0 N–H and O–H groups in total. The Bertz CT molecular complexity index is 1540. The fourth-order valence-electron chi connectivity index (χ4n) is 4.01. The van der Waals surface area contributed by atoms with Crippen molar-refractivity contribution in [3.8, 4) is 0 Å². The van der Waals surface area contributed by atoms with Gasteiger partial charge in [-0.05, 0) is 25.5 Å². The maximum atomic E-state index is 12.8. The number of hydrogen-bond donors (Lipinski definition) is 0. The maximum Gasteiger partial charge on any atom is 0.403 e. The molecule has 0 aliphatic rings. The Morgan fingerprint density at radius 1 is 1.17 bits per heavy atom. The summed E-state index contributed by atoms with van der Waals surface area (Å²) >= 11 is 0. The summed E-state index contributed by atoms with van der Waals surface area (Å²) in [5, 5.41) is 0.566. The zero-order valence-electron chi connectivity index (χ0n) is 16.3. The predicted molar refractivity (Wildman–Crippen MR) is 110 cm³/mol. The van der Waals surface area contributed by atoms with Gasteiger partial charge in [0.2, 0.25) is 0 Å². The van der Waals surface area contributed by atoms with Crippen molar-refractivity contribution in [3.63, 3.8) is 0 Å². The molecule has 0 aliphatic carbocycles. The van der Waals surface area contributed by atoms with Gasteiger partial charge in [-0.1, -0.05) is 30.3 Å². The highest BCUT2D eigenvalue weighted by Crippen LogP contribution is 2.34. The third-order valence-electron chi connectivity index (χ3n) is 5.32. The first-order chi connectivity index (χ1) is 14.5. The van der Waals surface area contributed by atoms with Crippen LogP contribution in [0.4, 0.5) is 0 Å². The summed E-state index contributed by atoms with van der Waals surface area (Å²) in [6.45, 7) is 4.32. The molecule has 0 fully saturated rings. The Kier molecular flexibility index (Phi) is 3.95. The van der Waals surface area contributed by atoms with Crippen molar-refractivity contribution in [1.82, 2.24) is 14.0 Å². The molecule has 0 bridgehead atoms. The number of rotatable bonds is 4. The fourth-order valence-corrected chi connectivity index (χ4v) is 4.01. The van der Waals surface area contributed by atoms with Crippen molar-refractivity contribution in [2.45, 2.75) is 20.4 Å². The highest BCUT2D eigenvalue weighted by atomic mass is 16.5. The molecule has 0 atom stereocenters. The second-order valence-corrected chi connectivity index (χ2v) is 7.03. The van der Waals surface area contributed by atoms with Crippen LogP contribution in [-0.4, -0.2) is 26.5 Å². The SMILES string of the molecule is CCOC(=O)c1c(C)n(Cc2ccccc2)c2c1cc1oc(=O)c(=O)n3cnc2c13. The van der Waals surface area contributed by atoms with E-state index in [9.17, 15) is 14.4 Å². The minimum atomic E-state index is -0.987. The van der Waals surface area contributed by atoms with Gasteiger partial charge in [0, 0.05) is 17.6 Å². The first kappa shape index (κ1) is 18.1. The number of carbonyl (C=O) groups excluding carboxylic acids is 1. The van der Waals surface area contributed by atoms with Crippen LogP contribution in [0.2, 0.25) is 0 Å². The highest BCUT2D eigenvalue weighted by molar-refractivity contribution is 6.16. The molecule has 3 aromatic heterocycles. The van der Waals surface area contributed by atoms with Crippen molar-refractivity contribution in [2.24, 2.45) is 0 Å². The van der Waals surface area contributed by atoms with Crippen LogP contribution >= 0.6 is 0 Å². The Morgan fingerprint density at radius 3 is 2.67 bits per heavy atom. The minimum Gasteiger partial charge on any atom is -0.462 e. The Morgan fingerprint density at radius 2 is 1.93 bits per heavy atom. The topological polar surface area (TPSA) is 95.8 Å². The molecule has 0 aliphatic heterocycles. The lowest BCUT2D eigenvalue weighted by Crippen LogP contribution is -2.28. The largest absolute Gasteiger partial charge is 0.462 e. The molecule has 3 heterocycles. The molecule has 150 valence electrons. The van der Waals surface area contributed by atoms with Gasteiger partial charge in [0.25, 0.3) is 0 Å². The molecular weight excluding hydrogens is 386 g/mol. The molecule has 0 unspecified atom stereocenters. The van der Waals surface area contributed by atoms with Crippen LogP contribution in [-0.2, 0) is 11.3 Å². The highest BCUT2D eigenvalue weighted by Gasteiger charge is 2.26. The zero-order valence-corrected chi connectivity index (χ0v) is 16.3. The van der Waals surface area contributed by atoms with Crippen LogP contribution in [0, 0.1) is 6.92 Å². The summed E-state index contributed by atoms with van der Waals surface area (Å²) in [6, 6.07) is 11.4. The van der Waals surface area contributed by atoms with Gasteiger partial charge in [-0.3, -0.25) is 9.20 Å². The average Bonchev–Trinajstić information content (AvgIpc) is 3.28. The van der Waals surface area contributed by atoms with E-state index in [1.807, 2.05) is 41.8 Å². The van der Waals surface area contributed by atoms with E-state index in [0.29, 0.717) is 39.7 Å². The molecule has 5 aromatic rings. The molecule has 0 spiro atoms. The van der Waals surface area contributed by atoms with Gasteiger partial charge in [0.05, 0.1) is 17.7 Å². The maximum absolute atomic E-state index is 12.8. The quantitative estimate of drug-likeness (QED) is 0.338. The monoisotopic (exact) mass is 403 g/mol. The van der Waals surface area contributed by atoms with Crippen LogP contribution in [0.3, 0.4) is 0 Å². The molecule has 0 amide bonds. The number of carbonyl (C=O) groups is 1. The Hall–Kier alpha value is -3.94. The number of imidazole rings is 1. The van der Waals surface area contributed by atoms with Crippen molar-refractivity contribution >= 4 is 33.5 Å². The van der Waals surface area contributed by atoms with Gasteiger partial charge in [-0.15, -0.1) is 0 Å². The average molecular weight is 403 g/mol. The van der Waals surface area contributed by atoms with Crippen molar-refractivity contribution in [2.75, 3.05) is 6.61 Å². The summed E-state index contributed by atoms with van der Waals surface area (Å²) in [6.07, 6.45) is 1.32.